The summed E-state index contributed by atoms with van der Waals surface area (Å²) in [5.41, 5.74) is 9.49. The number of benzene rings is 4. The van der Waals surface area contributed by atoms with Gasteiger partial charge in [-0.05, 0) is 89.8 Å². The van der Waals surface area contributed by atoms with E-state index in [0.717, 1.165) is 17.1 Å². The zero-order chi connectivity index (χ0) is 27.9. The van der Waals surface area contributed by atoms with Crippen molar-refractivity contribution in [2.75, 3.05) is 4.90 Å². The maximum absolute atomic E-state index is 12.0. The molecule has 0 bridgehead atoms. The van der Waals surface area contributed by atoms with Crippen LogP contribution in [-0.2, 0) is 14.9 Å². The number of hydrogen-bond donors (Lipinski definition) is 1. The molecule has 4 aromatic carbocycles. The highest BCUT2D eigenvalue weighted by Crippen LogP contribution is 2.50. The number of rotatable bonds is 7. The minimum atomic E-state index is -0.502. The largest absolute Gasteiger partial charge is 0.508 e. The molecule has 1 aliphatic carbocycles. The zero-order valence-electron chi connectivity index (χ0n) is 22.5. The lowest BCUT2D eigenvalue weighted by Crippen LogP contribution is -2.16. The Hall–Kier alpha value is -4.83. The van der Waals surface area contributed by atoms with Crippen LogP contribution in [0.3, 0.4) is 0 Å². The topological polar surface area (TPSA) is 49.8 Å². The van der Waals surface area contributed by atoms with Crippen molar-refractivity contribution in [3.05, 3.63) is 139 Å². The van der Waals surface area contributed by atoms with Gasteiger partial charge in [0.05, 0.1) is 0 Å². The van der Waals surface area contributed by atoms with E-state index in [0.29, 0.717) is 16.7 Å². The molecule has 0 aromatic heterocycles. The van der Waals surface area contributed by atoms with Gasteiger partial charge in [0.2, 0.25) is 0 Å². The summed E-state index contributed by atoms with van der Waals surface area (Å²) in [7, 11) is 0. The Labute approximate surface area is 229 Å². The Morgan fingerprint density at radius 3 is 1.87 bits per heavy atom. The molecule has 0 spiro atoms. The molecule has 0 saturated carbocycles. The van der Waals surface area contributed by atoms with Crippen LogP contribution in [0.15, 0.2) is 116 Å². The second-order valence-corrected chi connectivity index (χ2v) is 10.4. The normalized spacial score (nSPS) is 12.7. The van der Waals surface area contributed by atoms with Crippen LogP contribution in [0.4, 0.5) is 17.1 Å². The molecule has 0 aliphatic heterocycles. The highest BCUT2D eigenvalue weighted by molar-refractivity contribution is 5.91. The third-order valence-corrected chi connectivity index (χ3v) is 7.30. The predicted molar refractivity (Wildman–Crippen MR) is 160 cm³/mol. The Kier molecular flexibility index (Phi) is 6.49. The predicted octanol–water partition coefficient (Wildman–Crippen LogP) is 9.08. The number of ether oxygens (including phenoxy) is 1. The van der Waals surface area contributed by atoms with E-state index >= 15 is 0 Å². The van der Waals surface area contributed by atoms with Gasteiger partial charge >= 0.3 is 5.97 Å². The quantitative estimate of drug-likeness (QED) is 0.152. The first-order valence-electron chi connectivity index (χ1n) is 12.8. The van der Waals surface area contributed by atoms with E-state index < -0.39 is 5.97 Å². The van der Waals surface area contributed by atoms with Gasteiger partial charge in [0.1, 0.15) is 11.5 Å². The van der Waals surface area contributed by atoms with Crippen molar-refractivity contribution in [1.82, 2.24) is 0 Å². The van der Waals surface area contributed by atoms with Crippen LogP contribution in [0, 0.1) is 0 Å². The van der Waals surface area contributed by atoms with E-state index in [1.807, 2.05) is 48.5 Å². The summed E-state index contributed by atoms with van der Waals surface area (Å²) < 4.78 is 5.33. The molecule has 4 heteroatoms. The minimum Gasteiger partial charge on any atom is -0.508 e. The van der Waals surface area contributed by atoms with E-state index in [9.17, 15) is 9.90 Å². The molecule has 0 saturated heterocycles. The highest BCUT2D eigenvalue weighted by Gasteiger charge is 2.35. The summed E-state index contributed by atoms with van der Waals surface area (Å²) in [5, 5.41) is 9.86. The van der Waals surface area contributed by atoms with Gasteiger partial charge in [-0.2, -0.15) is 0 Å². The van der Waals surface area contributed by atoms with Crippen molar-refractivity contribution < 1.29 is 14.6 Å². The van der Waals surface area contributed by atoms with Crippen LogP contribution in [0.1, 0.15) is 43.0 Å². The molecule has 0 atom stereocenters. The van der Waals surface area contributed by atoms with Crippen LogP contribution >= 0.6 is 0 Å². The molecule has 0 heterocycles. The van der Waals surface area contributed by atoms with Crippen molar-refractivity contribution in [3.8, 4) is 11.1 Å². The number of aliphatic hydroxyl groups excluding tert-OH is 1. The average molecular weight is 514 g/mol. The van der Waals surface area contributed by atoms with Crippen molar-refractivity contribution in [3.63, 3.8) is 0 Å². The van der Waals surface area contributed by atoms with Crippen molar-refractivity contribution in [2.45, 2.75) is 26.2 Å². The zero-order valence-corrected chi connectivity index (χ0v) is 22.5. The van der Waals surface area contributed by atoms with Gasteiger partial charge in [-0.1, -0.05) is 63.9 Å². The Morgan fingerprint density at radius 2 is 1.28 bits per heavy atom. The van der Waals surface area contributed by atoms with Crippen LogP contribution < -0.4 is 4.90 Å². The number of fused-ring (bicyclic) bond motifs is 3. The maximum Gasteiger partial charge on any atom is 0.338 e. The van der Waals surface area contributed by atoms with Crippen LogP contribution in [0.2, 0.25) is 0 Å². The SMILES string of the molecule is C=C(C)C(=O)OC(=C)c1ccc(N(c2ccc(C(=C)O)cc2)c2ccc3c(c2)C(C)(C)c2ccccc2-3)cc1. The van der Waals surface area contributed by atoms with Crippen LogP contribution in [-0.4, -0.2) is 11.1 Å². The molecule has 0 amide bonds. The molecule has 1 N–H and O–H groups in total. The van der Waals surface area contributed by atoms with Crippen molar-refractivity contribution >= 4 is 34.5 Å². The summed E-state index contributed by atoms with van der Waals surface area (Å²) in [6, 6.07) is 30.5. The van der Waals surface area contributed by atoms with Gasteiger partial charge < -0.3 is 14.7 Å². The number of esters is 1. The molecular weight excluding hydrogens is 482 g/mol. The van der Waals surface area contributed by atoms with Gasteiger partial charge in [-0.25, -0.2) is 4.79 Å². The van der Waals surface area contributed by atoms with Gasteiger partial charge in [-0.3, -0.25) is 0 Å². The van der Waals surface area contributed by atoms with Crippen molar-refractivity contribution in [1.29, 1.82) is 0 Å². The fourth-order valence-electron chi connectivity index (χ4n) is 5.14. The maximum atomic E-state index is 12.0. The Bertz CT molecular complexity index is 1630. The second kappa shape index (κ2) is 9.80. The van der Waals surface area contributed by atoms with Gasteiger partial charge in [-0.15, -0.1) is 0 Å². The molecule has 39 heavy (non-hydrogen) atoms. The summed E-state index contributed by atoms with van der Waals surface area (Å²) in [4.78, 5) is 14.1. The molecular formula is C35H31NO3. The summed E-state index contributed by atoms with van der Waals surface area (Å²) in [6.45, 7) is 17.3. The minimum absolute atomic E-state index is 0.0253. The monoisotopic (exact) mass is 513 g/mol. The molecule has 1 aliphatic rings. The Balaban J connectivity index is 1.58. The lowest BCUT2D eigenvalue weighted by Gasteiger charge is -2.28. The third-order valence-electron chi connectivity index (χ3n) is 7.30. The van der Waals surface area contributed by atoms with Crippen LogP contribution in [0.5, 0.6) is 0 Å². The van der Waals surface area contributed by atoms with E-state index in [1.165, 1.54) is 22.3 Å². The van der Waals surface area contributed by atoms with E-state index in [1.54, 1.807) is 6.92 Å². The van der Waals surface area contributed by atoms with E-state index in [2.05, 4.69) is 80.9 Å². The molecule has 0 radical (unpaired) electrons. The fourth-order valence-corrected chi connectivity index (χ4v) is 5.14. The number of carbonyl (C=O) groups is 1. The first-order valence-corrected chi connectivity index (χ1v) is 12.8. The summed E-state index contributed by atoms with van der Waals surface area (Å²) >= 11 is 0. The van der Waals surface area contributed by atoms with E-state index in [4.69, 9.17) is 4.74 Å². The fraction of sp³-hybridized carbons (Fsp3) is 0.114. The lowest BCUT2D eigenvalue weighted by atomic mass is 9.82. The smallest absolute Gasteiger partial charge is 0.338 e. The number of aliphatic hydroxyl groups is 1. The molecule has 4 aromatic rings. The van der Waals surface area contributed by atoms with Gasteiger partial charge in [0, 0.05) is 39.2 Å². The van der Waals surface area contributed by atoms with Gasteiger partial charge in [0.25, 0.3) is 0 Å². The number of carbonyl (C=O) groups excluding carboxylic acids is 1. The average Bonchev–Trinajstić information content (AvgIpc) is 3.16. The number of hydrogen-bond acceptors (Lipinski definition) is 4. The molecule has 5 rings (SSSR count). The second-order valence-electron chi connectivity index (χ2n) is 10.4. The number of nitrogens with zero attached hydrogens (tertiary/aromatic N) is 1. The first kappa shape index (κ1) is 25.8. The first-order chi connectivity index (χ1) is 18.6. The molecule has 0 unspecified atom stereocenters. The number of anilines is 3. The van der Waals surface area contributed by atoms with Gasteiger partial charge in [0.15, 0.2) is 0 Å². The molecule has 194 valence electrons. The van der Waals surface area contributed by atoms with E-state index in [-0.39, 0.29) is 16.9 Å². The molecule has 4 nitrogen and oxygen atoms in total. The van der Waals surface area contributed by atoms with Crippen molar-refractivity contribution in [2.24, 2.45) is 0 Å². The highest BCUT2D eigenvalue weighted by atomic mass is 16.5. The summed E-state index contributed by atoms with van der Waals surface area (Å²) in [5.74, 6) is -0.209. The Morgan fingerprint density at radius 1 is 0.744 bits per heavy atom. The third kappa shape index (κ3) is 4.66. The molecule has 0 fully saturated rings. The lowest BCUT2D eigenvalue weighted by molar-refractivity contribution is -0.132. The summed E-state index contributed by atoms with van der Waals surface area (Å²) in [6.07, 6.45) is 0. The standard InChI is InChI=1S/C35H31NO3/c1-22(2)34(38)39-24(4)26-13-17-28(18-14-26)36(27-15-11-25(12-16-27)23(3)37)29-19-20-31-30-9-7-8-10-32(30)35(5,6)33(31)21-29/h7-21,37H,1,3-4H2,2,5-6H3. The van der Waals surface area contributed by atoms with Crippen LogP contribution in [0.25, 0.3) is 22.6 Å².